The number of amides is 1. The minimum absolute atomic E-state index is 0.101. The molecule has 0 radical (unpaired) electrons. The van der Waals surface area contributed by atoms with E-state index in [0.717, 1.165) is 33.3 Å². The van der Waals surface area contributed by atoms with Crippen molar-refractivity contribution in [1.29, 1.82) is 0 Å². The summed E-state index contributed by atoms with van der Waals surface area (Å²) in [6.45, 7) is 2.41. The minimum atomic E-state index is -0.101. The van der Waals surface area contributed by atoms with Crippen LogP contribution in [-0.2, 0) is 6.54 Å². The Morgan fingerprint density at radius 3 is 2.63 bits per heavy atom. The zero-order chi connectivity index (χ0) is 19.1. The van der Waals surface area contributed by atoms with Crippen LogP contribution in [0.4, 0.5) is 0 Å². The Bertz CT molecular complexity index is 913. The Morgan fingerprint density at radius 1 is 1.11 bits per heavy atom. The number of methoxy groups -OCH3 is 1. The summed E-state index contributed by atoms with van der Waals surface area (Å²) in [7, 11) is 1.64. The fraction of sp³-hybridized carbons (Fsp3) is 0.190. The first-order valence-electron chi connectivity index (χ1n) is 8.66. The van der Waals surface area contributed by atoms with E-state index < -0.39 is 0 Å². The molecular formula is C21H21N3O2S. The molecule has 0 bridgehead atoms. The predicted octanol–water partition coefficient (Wildman–Crippen LogP) is 4.19. The highest BCUT2D eigenvalue weighted by atomic mass is 32.2. The van der Waals surface area contributed by atoms with Crippen molar-refractivity contribution in [3.8, 4) is 17.0 Å². The number of nitrogens with one attached hydrogen (secondary N) is 1. The van der Waals surface area contributed by atoms with Crippen molar-refractivity contribution in [3.63, 3.8) is 0 Å². The maximum Gasteiger partial charge on any atom is 0.252 e. The maximum absolute atomic E-state index is 12.6. The fourth-order valence-corrected chi connectivity index (χ4v) is 3.42. The van der Waals surface area contributed by atoms with Gasteiger partial charge in [0.1, 0.15) is 12.1 Å². The molecular weight excluding hydrogens is 358 g/mol. The maximum atomic E-state index is 12.6. The highest BCUT2D eigenvalue weighted by Crippen LogP contribution is 2.23. The third kappa shape index (κ3) is 4.86. The SMILES string of the molecule is CCSc1ccccc1C(=O)NCc1cc(-c2ccc(OC)cc2)ncn1. The number of hydrogen-bond donors (Lipinski definition) is 1. The molecule has 0 spiro atoms. The lowest BCUT2D eigenvalue weighted by Gasteiger charge is -2.09. The van der Waals surface area contributed by atoms with Crippen molar-refractivity contribution < 1.29 is 9.53 Å². The van der Waals surface area contributed by atoms with Gasteiger partial charge in [-0.3, -0.25) is 4.79 Å². The van der Waals surface area contributed by atoms with E-state index in [1.54, 1.807) is 18.9 Å². The number of carbonyl (C=O) groups is 1. The van der Waals surface area contributed by atoms with Gasteiger partial charge in [0.15, 0.2) is 0 Å². The van der Waals surface area contributed by atoms with Crippen LogP contribution in [0.25, 0.3) is 11.3 Å². The highest BCUT2D eigenvalue weighted by molar-refractivity contribution is 7.99. The average molecular weight is 379 g/mol. The minimum Gasteiger partial charge on any atom is -0.497 e. The molecule has 0 aliphatic carbocycles. The van der Waals surface area contributed by atoms with Crippen LogP contribution in [0.3, 0.4) is 0 Å². The van der Waals surface area contributed by atoms with Crippen molar-refractivity contribution in [3.05, 3.63) is 72.2 Å². The number of aromatic nitrogens is 2. The monoisotopic (exact) mass is 379 g/mol. The van der Waals surface area contributed by atoms with E-state index in [0.29, 0.717) is 12.1 Å². The van der Waals surface area contributed by atoms with Gasteiger partial charge in [0.05, 0.1) is 30.6 Å². The van der Waals surface area contributed by atoms with Crippen LogP contribution in [-0.4, -0.2) is 28.7 Å². The lowest BCUT2D eigenvalue weighted by atomic mass is 10.1. The Morgan fingerprint density at radius 2 is 1.89 bits per heavy atom. The molecule has 5 nitrogen and oxygen atoms in total. The van der Waals surface area contributed by atoms with Crippen molar-refractivity contribution >= 4 is 17.7 Å². The van der Waals surface area contributed by atoms with Crippen molar-refractivity contribution in [1.82, 2.24) is 15.3 Å². The van der Waals surface area contributed by atoms with E-state index in [1.165, 1.54) is 6.33 Å². The molecule has 0 aliphatic rings. The molecule has 1 aromatic heterocycles. The van der Waals surface area contributed by atoms with Crippen molar-refractivity contribution in [2.45, 2.75) is 18.4 Å². The zero-order valence-electron chi connectivity index (χ0n) is 15.3. The van der Waals surface area contributed by atoms with Gasteiger partial charge in [-0.05, 0) is 48.2 Å². The van der Waals surface area contributed by atoms with E-state index in [9.17, 15) is 4.79 Å². The van der Waals surface area contributed by atoms with Gasteiger partial charge in [0.25, 0.3) is 5.91 Å². The molecule has 0 fully saturated rings. The number of benzene rings is 2. The van der Waals surface area contributed by atoms with Crippen LogP contribution in [0.5, 0.6) is 5.75 Å². The average Bonchev–Trinajstić information content (AvgIpc) is 2.73. The summed E-state index contributed by atoms with van der Waals surface area (Å²) in [6.07, 6.45) is 1.52. The van der Waals surface area contributed by atoms with Crippen LogP contribution >= 0.6 is 11.8 Å². The molecule has 0 saturated heterocycles. The second-order valence-electron chi connectivity index (χ2n) is 5.73. The topological polar surface area (TPSA) is 64.1 Å². The van der Waals surface area contributed by atoms with Gasteiger partial charge >= 0.3 is 0 Å². The Hall–Kier alpha value is -2.86. The molecule has 0 unspecified atom stereocenters. The molecule has 138 valence electrons. The van der Waals surface area contributed by atoms with Crippen molar-refractivity contribution in [2.75, 3.05) is 12.9 Å². The summed E-state index contributed by atoms with van der Waals surface area (Å²) in [5.41, 5.74) is 3.22. The zero-order valence-corrected chi connectivity index (χ0v) is 16.1. The molecule has 0 saturated carbocycles. The van der Waals surface area contributed by atoms with E-state index in [-0.39, 0.29) is 5.91 Å². The van der Waals surface area contributed by atoms with E-state index in [4.69, 9.17) is 4.74 Å². The molecule has 3 rings (SSSR count). The number of carbonyl (C=O) groups excluding carboxylic acids is 1. The van der Waals surface area contributed by atoms with Crippen LogP contribution in [0.1, 0.15) is 23.0 Å². The standard InChI is InChI=1S/C21H21N3O2S/c1-3-27-20-7-5-4-6-18(20)21(25)22-13-16-12-19(24-14-23-16)15-8-10-17(26-2)11-9-15/h4-12,14H,3,13H2,1-2H3,(H,22,25). The third-order valence-electron chi connectivity index (χ3n) is 3.97. The summed E-state index contributed by atoms with van der Waals surface area (Å²) < 4.78 is 5.18. The molecule has 1 heterocycles. The first-order chi connectivity index (χ1) is 13.2. The molecule has 6 heteroatoms. The number of thioether (sulfide) groups is 1. The van der Waals surface area contributed by atoms with Gasteiger partial charge in [-0.15, -0.1) is 11.8 Å². The fourth-order valence-electron chi connectivity index (χ4n) is 2.62. The lowest BCUT2D eigenvalue weighted by Crippen LogP contribution is -2.24. The van der Waals surface area contributed by atoms with Crippen LogP contribution in [0.2, 0.25) is 0 Å². The van der Waals surface area contributed by atoms with Crippen LogP contribution in [0, 0.1) is 0 Å². The largest absolute Gasteiger partial charge is 0.497 e. The molecule has 1 N–H and O–H groups in total. The second-order valence-corrected chi connectivity index (χ2v) is 7.04. The van der Waals surface area contributed by atoms with Gasteiger partial charge in [-0.1, -0.05) is 19.1 Å². The van der Waals surface area contributed by atoms with Crippen LogP contribution < -0.4 is 10.1 Å². The van der Waals surface area contributed by atoms with Crippen LogP contribution in [0.15, 0.2) is 65.8 Å². The van der Waals surface area contributed by atoms with Gasteiger partial charge < -0.3 is 10.1 Å². The van der Waals surface area contributed by atoms with Gasteiger partial charge in [0.2, 0.25) is 0 Å². The molecule has 0 atom stereocenters. The molecule has 0 aliphatic heterocycles. The first-order valence-corrected chi connectivity index (χ1v) is 9.65. The molecule has 27 heavy (non-hydrogen) atoms. The smallest absolute Gasteiger partial charge is 0.252 e. The van der Waals surface area contributed by atoms with Gasteiger partial charge in [-0.2, -0.15) is 0 Å². The molecule has 2 aromatic carbocycles. The normalized spacial score (nSPS) is 10.4. The van der Waals surface area contributed by atoms with Gasteiger partial charge in [0, 0.05) is 10.5 Å². The lowest BCUT2D eigenvalue weighted by molar-refractivity contribution is 0.0947. The summed E-state index contributed by atoms with van der Waals surface area (Å²) in [5, 5.41) is 2.95. The second kappa shape index (κ2) is 9.19. The number of nitrogens with zero attached hydrogens (tertiary/aromatic N) is 2. The molecule has 3 aromatic rings. The quantitative estimate of drug-likeness (QED) is 0.624. The number of rotatable bonds is 7. The summed E-state index contributed by atoms with van der Waals surface area (Å²) >= 11 is 1.66. The Kier molecular flexibility index (Phi) is 6.44. The van der Waals surface area contributed by atoms with E-state index >= 15 is 0 Å². The summed E-state index contributed by atoms with van der Waals surface area (Å²) in [5.74, 6) is 1.61. The Balaban J connectivity index is 1.70. The predicted molar refractivity (Wildman–Crippen MR) is 108 cm³/mol. The summed E-state index contributed by atoms with van der Waals surface area (Å²) in [4.78, 5) is 22.1. The van der Waals surface area contributed by atoms with E-state index in [2.05, 4.69) is 22.2 Å². The van der Waals surface area contributed by atoms with Crippen molar-refractivity contribution in [2.24, 2.45) is 0 Å². The third-order valence-corrected chi connectivity index (χ3v) is 4.93. The number of hydrogen-bond acceptors (Lipinski definition) is 5. The van der Waals surface area contributed by atoms with Gasteiger partial charge in [-0.25, -0.2) is 9.97 Å². The Labute approximate surface area is 163 Å². The number of ether oxygens (including phenoxy) is 1. The highest BCUT2D eigenvalue weighted by Gasteiger charge is 2.11. The molecule has 1 amide bonds. The summed E-state index contributed by atoms with van der Waals surface area (Å²) in [6, 6.07) is 17.2. The first kappa shape index (κ1) is 18.9. The van der Waals surface area contributed by atoms with E-state index in [1.807, 2.05) is 54.6 Å².